The Kier molecular flexibility index (Phi) is 7.37. The molecule has 2 fully saturated rings. The SMILES string of the molecule is COc1cc(N2CCC3(CC2)CN(C)CCO3)ccc1Nc1ncnc(Nc2ccccc2S(C)(=O)=O)n1. The summed E-state index contributed by atoms with van der Waals surface area (Å²) in [5.74, 6) is 1.17. The molecule has 2 aliphatic rings. The number of methoxy groups -OCH3 is 1. The van der Waals surface area contributed by atoms with E-state index < -0.39 is 9.84 Å². The van der Waals surface area contributed by atoms with E-state index in [1.54, 1.807) is 25.3 Å². The van der Waals surface area contributed by atoms with Gasteiger partial charge in [0.15, 0.2) is 9.84 Å². The van der Waals surface area contributed by atoms with Gasteiger partial charge < -0.3 is 29.9 Å². The number of hydrogen-bond donors (Lipinski definition) is 2. The van der Waals surface area contributed by atoms with Crippen LogP contribution in [0.15, 0.2) is 53.7 Å². The maximum Gasteiger partial charge on any atom is 0.232 e. The minimum Gasteiger partial charge on any atom is -0.494 e. The molecule has 2 N–H and O–H groups in total. The van der Waals surface area contributed by atoms with Crippen LogP contribution in [-0.4, -0.2) is 87.1 Å². The molecule has 202 valence electrons. The van der Waals surface area contributed by atoms with E-state index in [-0.39, 0.29) is 16.4 Å². The Balaban J connectivity index is 1.29. The van der Waals surface area contributed by atoms with Crippen molar-refractivity contribution in [3.63, 3.8) is 0 Å². The summed E-state index contributed by atoms with van der Waals surface area (Å²) >= 11 is 0. The summed E-state index contributed by atoms with van der Waals surface area (Å²) in [6.07, 6.45) is 4.50. The van der Waals surface area contributed by atoms with Crippen molar-refractivity contribution in [1.29, 1.82) is 0 Å². The molecule has 0 atom stereocenters. The molecule has 0 bridgehead atoms. The van der Waals surface area contributed by atoms with Gasteiger partial charge in [0.2, 0.25) is 11.9 Å². The van der Waals surface area contributed by atoms with Crippen LogP contribution in [0.2, 0.25) is 0 Å². The number of para-hydroxylation sites is 1. The summed E-state index contributed by atoms with van der Waals surface area (Å²) in [5.41, 5.74) is 2.14. The number of nitrogens with one attached hydrogen (secondary N) is 2. The molecule has 2 aliphatic heterocycles. The second-order valence-electron chi connectivity index (χ2n) is 9.79. The summed E-state index contributed by atoms with van der Waals surface area (Å²) in [5, 5.41) is 6.17. The van der Waals surface area contributed by atoms with Crippen LogP contribution in [0.25, 0.3) is 0 Å². The molecule has 2 aromatic carbocycles. The number of piperidine rings is 1. The number of anilines is 5. The Labute approximate surface area is 223 Å². The van der Waals surface area contributed by atoms with Crippen molar-refractivity contribution >= 4 is 38.8 Å². The lowest BCUT2D eigenvalue weighted by Gasteiger charge is -2.47. The largest absolute Gasteiger partial charge is 0.494 e. The number of nitrogens with zero attached hydrogens (tertiary/aromatic N) is 5. The van der Waals surface area contributed by atoms with E-state index in [2.05, 4.69) is 48.5 Å². The molecule has 12 heteroatoms. The fraction of sp³-hybridized carbons (Fsp3) is 0.423. The minimum atomic E-state index is -3.42. The molecule has 11 nitrogen and oxygen atoms in total. The fourth-order valence-electron chi connectivity index (χ4n) is 5.04. The van der Waals surface area contributed by atoms with E-state index in [0.29, 0.717) is 23.1 Å². The number of morpholine rings is 1. The third-order valence-corrected chi connectivity index (χ3v) is 8.17. The number of rotatable bonds is 7. The van der Waals surface area contributed by atoms with Crippen LogP contribution in [0.5, 0.6) is 5.75 Å². The van der Waals surface area contributed by atoms with Crippen molar-refractivity contribution in [2.24, 2.45) is 0 Å². The monoisotopic (exact) mass is 539 g/mol. The third kappa shape index (κ3) is 5.82. The van der Waals surface area contributed by atoms with Crippen molar-refractivity contribution in [1.82, 2.24) is 19.9 Å². The van der Waals surface area contributed by atoms with E-state index in [1.807, 2.05) is 12.1 Å². The maximum atomic E-state index is 12.1. The lowest BCUT2D eigenvalue weighted by atomic mass is 9.89. The van der Waals surface area contributed by atoms with Crippen LogP contribution in [0.4, 0.5) is 29.0 Å². The van der Waals surface area contributed by atoms with Gasteiger partial charge in [-0.3, -0.25) is 0 Å². The molecular formula is C26H33N7O4S. The van der Waals surface area contributed by atoms with Gasteiger partial charge in [0, 0.05) is 44.2 Å². The van der Waals surface area contributed by atoms with Gasteiger partial charge in [0.1, 0.15) is 12.1 Å². The van der Waals surface area contributed by atoms with E-state index in [1.165, 1.54) is 12.4 Å². The zero-order chi connectivity index (χ0) is 26.8. The van der Waals surface area contributed by atoms with Crippen LogP contribution in [-0.2, 0) is 14.6 Å². The number of hydrogen-bond acceptors (Lipinski definition) is 11. The van der Waals surface area contributed by atoms with Crippen molar-refractivity contribution in [2.45, 2.75) is 23.3 Å². The highest BCUT2D eigenvalue weighted by molar-refractivity contribution is 7.90. The first kappa shape index (κ1) is 26.1. The molecule has 0 saturated carbocycles. The summed E-state index contributed by atoms with van der Waals surface area (Å²) in [6.45, 7) is 4.60. The number of likely N-dealkylation sites (N-methyl/N-ethyl adjacent to an activating group) is 1. The average molecular weight is 540 g/mol. The number of sulfone groups is 1. The highest BCUT2D eigenvalue weighted by Crippen LogP contribution is 2.36. The molecule has 2 saturated heterocycles. The van der Waals surface area contributed by atoms with Gasteiger partial charge in [0.05, 0.1) is 35.6 Å². The Morgan fingerprint density at radius 3 is 2.39 bits per heavy atom. The Morgan fingerprint density at radius 1 is 1.00 bits per heavy atom. The molecule has 1 spiro atoms. The van der Waals surface area contributed by atoms with E-state index in [9.17, 15) is 8.42 Å². The lowest BCUT2D eigenvalue weighted by molar-refractivity contribution is -0.115. The Morgan fingerprint density at radius 2 is 1.71 bits per heavy atom. The second kappa shape index (κ2) is 10.7. The minimum absolute atomic E-state index is 0.0403. The number of aromatic nitrogens is 3. The first-order valence-electron chi connectivity index (χ1n) is 12.5. The van der Waals surface area contributed by atoms with Crippen LogP contribution in [0, 0.1) is 0 Å². The fourth-order valence-corrected chi connectivity index (χ4v) is 5.88. The molecule has 3 heterocycles. The van der Waals surface area contributed by atoms with Gasteiger partial charge in [0.25, 0.3) is 0 Å². The van der Waals surface area contributed by atoms with E-state index >= 15 is 0 Å². The highest BCUT2D eigenvalue weighted by Gasteiger charge is 2.38. The van der Waals surface area contributed by atoms with Crippen LogP contribution < -0.4 is 20.3 Å². The highest BCUT2D eigenvalue weighted by atomic mass is 32.2. The summed E-state index contributed by atoms with van der Waals surface area (Å²) in [7, 11) is 0.364. The van der Waals surface area contributed by atoms with Gasteiger partial charge >= 0.3 is 0 Å². The predicted octanol–water partition coefficient (Wildman–Crippen LogP) is 3.07. The summed E-state index contributed by atoms with van der Waals surface area (Å²) in [6, 6.07) is 12.6. The molecule has 0 amide bonds. The standard InChI is InChI=1S/C26H33N7O4S/c1-32-14-15-37-26(17-32)10-12-33(13-11-26)19-8-9-20(22(16-19)36-2)29-24-27-18-28-25(31-24)30-21-6-4-5-7-23(21)38(3,34)35/h4-9,16,18H,10-15,17H2,1-3H3,(H2,27,28,29,30,31). The average Bonchev–Trinajstić information content (AvgIpc) is 2.89. The van der Waals surface area contributed by atoms with Crippen LogP contribution in [0.3, 0.4) is 0 Å². The second-order valence-corrected chi connectivity index (χ2v) is 11.8. The van der Waals surface area contributed by atoms with Crippen LogP contribution >= 0.6 is 0 Å². The summed E-state index contributed by atoms with van der Waals surface area (Å²) in [4.78, 5) is 17.6. The van der Waals surface area contributed by atoms with Gasteiger partial charge in [-0.2, -0.15) is 4.98 Å². The first-order chi connectivity index (χ1) is 18.2. The zero-order valence-electron chi connectivity index (χ0n) is 21.8. The maximum absolute atomic E-state index is 12.1. The number of ether oxygens (including phenoxy) is 2. The molecule has 0 unspecified atom stereocenters. The Hall–Kier alpha value is -3.48. The van der Waals surface area contributed by atoms with Crippen molar-refractivity contribution in [3.8, 4) is 5.75 Å². The van der Waals surface area contributed by atoms with Crippen molar-refractivity contribution in [2.75, 3.05) is 68.7 Å². The number of benzene rings is 2. The smallest absolute Gasteiger partial charge is 0.232 e. The third-order valence-electron chi connectivity index (χ3n) is 7.02. The van der Waals surface area contributed by atoms with Gasteiger partial charge in [-0.1, -0.05) is 12.1 Å². The summed E-state index contributed by atoms with van der Waals surface area (Å²) < 4.78 is 36.1. The molecule has 0 radical (unpaired) electrons. The first-order valence-corrected chi connectivity index (χ1v) is 14.4. The molecular weight excluding hydrogens is 506 g/mol. The molecule has 0 aliphatic carbocycles. The molecule has 5 rings (SSSR count). The molecule has 1 aromatic heterocycles. The molecule has 38 heavy (non-hydrogen) atoms. The normalized spacial score (nSPS) is 17.8. The van der Waals surface area contributed by atoms with E-state index in [4.69, 9.17) is 9.47 Å². The van der Waals surface area contributed by atoms with Crippen LogP contribution in [0.1, 0.15) is 12.8 Å². The van der Waals surface area contributed by atoms with Crippen molar-refractivity contribution < 1.29 is 17.9 Å². The Bertz CT molecular complexity index is 1390. The van der Waals surface area contributed by atoms with Gasteiger partial charge in [-0.25, -0.2) is 18.4 Å². The zero-order valence-corrected chi connectivity index (χ0v) is 22.7. The van der Waals surface area contributed by atoms with E-state index in [0.717, 1.165) is 57.6 Å². The van der Waals surface area contributed by atoms with Gasteiger partial charge in [-0.05, 0) is 44.2 Å². The molecule has 3 aromatic rings. The predicted molar refractivity (Wildman–Crippen MR) is 147 cm³/mol. The quantitative estimate of drug-likeness (QED) is 0.461. The van der Waals surface area contributed by atoms with Crippen molar-refractivity contribution in [3.05, 3.63) is 48.8 Å². The van der Waals surface area contributed by atoms with Gasteiger partial charge in [-0.15, -0.1) is 0 Å². The topological polar surface area (TPSA) is 122 Å². The lowest BCUT2D eigenvalue weighted by Crippen LogP contribution is -2.56.